The molecule has 156 valence electrons. The van der Waals surface area contributed by atoms with Crippen molar-refractivity contribution in [3.8, 4) is 5.75 Å². The van der Waals surface area contributed by atoms with E-state index in [0.29, 0.717) is 25.6 Å². The molecule has 0 spiro atoms. The Labute approximate surface area is 169 Å². The van der Waals surface area contributed by atoms with Gasteiger partial charge in [-0.25, -0.2) is 4.79 Å². The summed E-state index contributed by atoms with van der Waals surface area (Å²) in [5, 5.41) is 9.29. The predicted octanol–water partition coefficient (Wildman–Crippen LogP) is 3.06. The van der Waals surface area contributed by atoms with Crippen LogP contribution >= 0.6 is 0 Å². The van der Waals surface area contributed by atoms with Crippen LogP contribution in [0.15, 0.2) is 24.3 Å². The van der Waals surface area contributed by atoms with Crippen molar-refractivity contribution in [1.82, 2.24) is 9.80 Å². The monoisotopic (exact) mass is 389 g/mol. The molecule has 2 atom stereocenters. The second-order valence-electron chi connectivity index (χ2n) is 8.64. The van der Waals surface area contributed by atoms with E-state index < -0.39 is 0 Å². The first-order chi connectivity index (χ1) is 13.4. The summed E-state index contributed by atoms with van der Waals surface area (Å²) in [6.07, 6.45) is 1.13. The van der Waals surface area contributed by atoms with E-state index in [4.69, 9.17) is 4.74 Å². The van der Waals surface area contributed by atoms with Gasteiger partial charge < -0.3 is 24.5 Å². The number of hydrogen-bond donors (Lipinski definition) is 1. The zero-order chi connectivity index (χ0) is 20.3. The number of rotatable bonds is 6. The summed E-state index contributed by atoms with van der Waals surface area (Å²) in [6.45, 7) is 12.8. The summed E-state index contributed by atoms with van der Waals surface area (Å²) in [6, 6.07) is 8.66. The number of anilines is 1. The zero-order valence-electron chi connectivity index (χ0n) is 17.7. The number of urea groups is 1. The smallest absolute Gasteiger partial charge is 0.320 e. The van der Waals surface area contributed by atoms with E-state index in [-0.39, 0.29) is 24.1 Å². The van der Waals surface area contributed by atoms with Gasteiger partial charge in [0.1, 0.15) is 5.75 Å². The first-order valence-electron chi connectivity index (χ1n) is 10.5. The van der Waals surface area contributed by atoms with Crippen LogP contribution in [-0.4, -0.2) is 72.9 Å². The third-order valence-electron chi connectivity index (χ3n) is 6.19. The summed E-state index contributed by atoms with van der Waals surface area (Å²) in [5.41, 5.74) is 1.33. The second-order valence-corrected chi connectivity index (χ2v) is 8.64. The molecule has 0 radical (unpaired) electrons. The van der Waals surface area contributed by atoms with Gasteiger partial charge in [0.2, 0.25) is 0 Å². The average Bonchev–Trinajstić information content (AvgIpc) is 2.93. The van der Waals surface area contributed by atoms with Gasteiger partial charge in [-0.15, -0.1) is 0 Å². The fourth-order valence-electron chi connectivity index (χ4n) is 4.89. The van der Waals surface area contributed by atoms with Gasteiger partial charge in [-0.2, -0.15) is 0 Å². The van der Waals surface area contributed by atoms with E-state index in [1.54, 1.807) is 4.90 Å². The number of nitrogens with zero attached hydrogens (tertiary/aromatic N) is 3. The van der Waals surface area contributed by atoms with E-state index in [1.807, 2.05) is 30.9 Å². The molecule has 1 aromatic rings. The van der Waals surface area contributed by atoms with Crippen molar-refractivity contribution in [2.24, 2.45) is 11.3 Å². The summed E-state index contributed by atoms with van der Waals surface area (Å²) in [7, 11) is 0. The molecule has 1 aromatic carbocycles. The van der Waals surface area contributed by atoms with Crippen LogP contribution in [0.25, 0.3) is 0 Å². The minimum absolute atomic E-state index is 0.00404. The molecule has 0 aromatic heterocycles. The third-order valence-corrected chi connectivity index (χ3v) is 6.19. The molecule has 1 N–H and O–H groups in total. The van der Waals surface area contributed by atoms with Crippen LogP contribution in [0.1, 0.15) is 34.1 Å². The van der Waals surface area contributed by atoms with Crippen LogP contribution in [-0.2, 0) is 0 Å². The lowest BCUT2D eigenvalue weighted by Crippen LogP contribution is -2.54. The summed E-state index contributed by atoms with van der Waals surface area (Å²) in [4.78, 5) is 19.3. The Kier molecular flexibility index (Phi) is 6.38. The van der Waals surface area contributed by atoms with E-state index in [2.05, 4.69) is 30.9 Å². The van der Waals surface area contributed by atoms with Crippen LogP contribution in [0.3, 0.4) is 0 Å². The molecule has 0 unspecified atom stereocenters. The Morgan fingerprint density at radius 2 is 1.93 bits per heavy atom. The standard InChI is InChI=1S/C22H35N3O3/c1-5-23(11-12-26)21(27)24-14-17-13-22(3,4)20(16-24)25(15-17)18-7-9-19(10-8-18)28-6-2/h7-10,17,20,26H,5-6,11-16H2,1-4H3/t17-,20-/m1/s1. The van der Waals surface area contributed by atoms with Crippen molar-refractivity contribution in [2.75, 3.05) is 50.8 Å². The lowest BCUT2D eigenvalue weighted by molar-refractivity contribution is 0.139. The Hall–Kier alpha value is -1.95. The number of fused-ring (bicyclic) bond motifs is 4. The molecule has 6 heteroatoms. The molecular formula is C22H35N3O3. The van der Waals surface area contributed by atoms with E-state index >= 15 is 0 Å². The highest BCUT2D eigenvalue weighted by Gasteiger charge is 2.47. The molecule has 3 aliphatic rings. The summed E-state index contributed by atoms with van der Waals surface area (Å²) in [5.74, 6) is 1.34. The van der Waals surface area contributed by atoms with Crippen LogP contribution in [0.4, 0.5) is 10.5 Å². The number of piperidine rings is 1. The van der Waals surface area contributed by atoms with Crippen LogP contribution in [0.5, 0.6) is 5.75 Å². The van der Waals surface area contributed by atoms with Crippen molar-refractivity contribution in [1.29, 1.82) is 0 Å². The van der Waals surface area contributed by atoms with Crippen molar-refractivity contribution in [3.05, 3.63) is 24.3 Å². The number of aliphatic hydroxyl groups excluding tert-OH is 1. The lowest BCUT2D eigenvalue weighted by Gasteiger charge is -2.48. The fourth-order valence-corrected chi connectivity index (χ4v) is 4.89. The number of amides is 2. The second kappa shape index (κ2) is 8.60. The number of ether oxygens (including phenoxy) is 1. The van der Waals surface area contributed by atoms with Gasteiger partial charge in [0.05, 0.1) is 19.3 Å². The van der Waals surface area contributed by atoms with Gasteiger partial charge in [-0.3, -0.25) is 0 Å². The number of aliphatic hydroxyl groups is 1. The molecule has 3 saturated heterocycles. The highest BCUT2D eigenvalue weighted by Crippen LogP contribution is 2.43. The van der Waals surface area contributed by atoms with Gasteiger partial charge in [0.25, 0.3) is 0 Å². The largest absolute Gasteiger partial charge is 0.494 e. The van der Waals surface area contributed by atoms with Gasteiger partial charge in [-0.1, -0.05) is 13.8 Å². The molecule has 4 rings (SSSR count). The predicted molar refractivity (Wildman–Crippen MR) is 112 cm³/mol. The van der Waals surface area contributed by atoms with E-state index in [1.165, 1.54) is 5.69 Å². The maximum atomic E-state index is 13.1. The minimum Gasteiger partial charge on any atom is -0.494 e. The molecule has 3 heterocycles. The quantitative estimate of drug-likeness (QED) is 0.812. The molecule has 2 bridgehead atoms. The van der Waals surface area contributed by atoms with Crippen molar-refractivity contribution in [3.63, 3.8) is 0 Å². The first kappa shape index (κ1) is 20.8. The molecule has 0 saturated carbocycles. The highest BCUT2D eigenvalue weighted by molar-refractivity contribution is 5.75. The lowest BCUT2D eigenvalue weighted by atomic mass is 9.73. The number of carbonyl (C=O) groups excluding carboxylic acids is 1. The minimum atomic E-state index is 0.00404. The maximum Gasteiger partial charge on any atom is 0.320 e. The number of benzene rings is 1. The molecule has 28 heavy (non-hydrogen) atoms. The van der Waals surface area contributed by atoms with Crippen molar-refractivity contribution < 1.29 is 14.6 Å². The molecule has 0 aliphatic carbocycles. The summed E-state index contributed by atoms with van der Waals surface area (Å²) >= 11 is 0. The Balaban J connectivity index is 1.83. The molecule has 6 nitrogen and oxygen atoms in total. The normalized spacial score (nSPS) is 23.5. The van der Waals surface area contributed by atoms with Crippen LogP contribution in [0.2, 0.25) is 0 Å². The van der Waals surface area contributed by atoms with Crippen LogP contribution < -0.4 is 9.64 Å². The topological polar surface area (TPSA) is 56.2 Å². The molecular weight excluding hydrogens is 354 g/mol. The maximum absolute atomic E-state index is 13.1. The summed E-state index contributed by atoms with van der Waals surface area (Å²) < 4.78 is 5.59. The van der Waals surface area contributed by atoms with Crippen LogP contribution in [0, 0.1) is 11.3 Å². The number of likely N-dealkylation sites (N-methyl/N-ethyl adjacent to an activating group) is 1. The van der Waals surface area contributed by atoms with Crippen molar-refractivity contribution >= 4 is 11.7 Å². The van der Waals surface area contributed by atoms with Gasteiger partial charge in [-0.05, 0) is 55.9 Å². The van der Waals surface area contributed by atoms with Gasteiger partial charge in [0.15, 0.2) is 0 Å². The molecule has 3 aliphatic heterocycles. The Morgan fingerprint density at radius 3 is 2.54 bits per heavy atom. The molecule has 2 amide bonds. The Morgan fingerprint density at radius 1 is 1.21 bits per heavy atom. The zero-order valence-corrected chi connectivity index (χ0v) is 17.7. The number of hydrogen-bond acceptors (Lipinski definition) is 4. The van der Waals surface area contributed by atoms with Crippen molar-refractivity contribution in [2.45, 2.75) is 40.2 Å². The highest BCUT2D eigenvalue weighted by atomic mass is 16.5. The van der Waals surface area contributed by atoms with Gasteiger partial charge >= 0.3 is 6.03 Å². The SMILES string of the molecule is CCOc1ccc(N2C[C@H]3CN(C(=O)N(CC)CCO)C[C@@H]2C(C)(C)C3)cc1. The van der Waals surface area contributed by atoms with E-state index in [9.17, 15) is 9.90 Å². The molecule has 3 fully saturated rings. The third kappa shape index (κ3) is 4.22. The van der Waals surface area contributed by atoms with E-state index in [0.717, 1.165) is 31.8 Å². The van der Waals surface area contributed by atoms with Gasteiger partial charge in [0, 0.05) is 38.4 Å². The first-order valence-corrected chi connectivity index (χ1v) is 10.5. The average molecular weight is 390 g/mol. The number of carbonyl (C=O) groups is 1. The fraction of sp³-hybridized carbons (Fsp3) is 0.682. The Bertz CT molecular complexity index is 661.